The molecular weight excluding hydrogens is 262 g/mol. The summed E-state index contributed by atoms with van der Waals surface area (Å²) in [5.74, 6) is 0.0986. The van der Waals surface area contributed by atoms with Crippen molar-refractivity contribution in [2.45, 2.75) is 38.2 Å². The second kappa shape index (κ2) is 7.17. The van der Waals surface area contributed by atoms with Crippen LogP contribution in [0.25, 0.3) is 0 Å². The highest BCUT2D eigenvalue weighted by molar-refractivity contribution is 7.80. The van der Waals surface area contributed by atoms with Crippen molar-refractivity contribution in [3.8, 4) is 0 Å². The maximum atomic E-state index is 11.9. The van der Waals surface area contributed by atoms with E-state index in [-0.39, 0.29) is 5.91 Å². The second-order valence-corrected chi connectivity index (χ2v) is 6.18. The van der Waals surface area contributed by atoms with Gasteiger partial charge in [0.1, 0.15) is 0 Å². The van der Waals surface area contributed by atoms with Crippen molar-refractivity contribution in [3.63, 3.8) is 0 Å². The third kappa shape index (κ3) is 6.31. The predicted molar refractivity (Wildman–Crippen MR) is 80.0 cm³/mol. The molecule has 1 rings (SSSR count). The lowest BCUT2D eigenvalue weighted by Gasteiger charge is -2.36. The average Bonchev–Trinajstić information content (AvgIpc) is 2.31. The number of piperidine rings is 1. The van der Waals surface area contributed by atoms with Gasteiger partial charge in [-0.05, 0) is 26.3 Å². The number of carbonyl (C=O) groups is 1. The van der Waals surface area contributed by atoms with Crippen molar-refractivity contribution >= 4 is 23.1 Å². The van der Waals surface area contributed by atoms with Crippen molar-refractivity contribution in [1.29, 1.82) is 0 Å². The van der Waals surface area contributed by atoms with E-state index >= 15 is 0 Å². The molecule has 1 unspecified atom stereocenters. The lowest BCUT2D eigenvalue weighted by Crippen LogP contribution is -2.47. The van der Waals surface area contributed by atoms with Gasteiger partial charge >= 0.3 is 0 Å². The van der Waals surface area contributed by atoms with Crippen LogP contribution in [-0.4, -0.2) is 64.6 Å². The number of β-amino-alcohol motifs (C(OH)–C–C–N with tert-alkyl or cyclic N) is 1. The molecule has 6 heteroatoms. The molecule has 1 aliphatic rings. The van der Waals surface area contributed by atoms with Gasteiger partial charge in [0.15, 0.2) is 0 Å². The van der Waals surface area contributed by atoms with Crippen LogP contribution in [0.5, 0.6) is 0 Å². The van der Waals surface area contributed by atoms with E-state index in [1.54, 1.807) is 11.9 Å². The largest absolute Gasteiger partial charge is 0.393 e. The zero-order chi connectivity index (χ0) is 14.5. The van der Waals surface area contributed by atoms with E-state index in [1.807, 2.05) is 6.92 Å². The molecule has 0 spiro atoms. The van der Waals surface area contributed by atoms with Gasteiger partial charge in [-0.15, -0.1) is 0 Å². The van der Waals surface area contributed by atoms with Gasteiger partial charge in [-0.3, -0.25) is 9.69 Å². The summed E-state index contributed by atoms with van der Waals surface area (Å²) in [5, 5.41) is 10.00. The van der Waals surface area contributed by atoms with Crippen molar-refractivity contribution in [1.82, 2.24) is 9.80 Å². The van der Waals surface area contributed by atoms with Crippen molar-refractivity contribution in [2.24, 2.45) is 5.73 Å². The van der Waals surface area contributed by atoms with Gasteiger partial charge in [-0.1, -0.05) is 12.2 Å². The van der Waals surface area contributed by atoms with E-state index in [0.29, 0.717) is 37.5 Å². The molecular formula is C13H25N3O2S. The van der Waals surface area contributed by atoms with Crippen LogP contribution in [0.15, 0.2) is 0 Å². The monoisotopic (exact) mass is 287 g/mol. The van der Waals surface area contributed by atoms with E-state index < -0.39 is 5.60 Å². The zero-order valence-corrected chi connectivity index (χ0v) is 12.7. The van der Waals surface area contributed by atoms with Crippen LogP contribution in [0.4, 0.5) is 0 Å². The first kappa shape index (κ1) is 16.3. The summed E-state index contributed by atoms with van der Waals surface area (Å²) in [6, 6.07) is 0. The predicted octanol–water partition coefficient (Wildman–Crippen LogP) is 0.358. The first-order valence-corrected chi connectivity index (χ1v) is 7.18. The van der Waals surface area contributed by atoms with Crippen LogP contribution in [0.3, 0.4) is 0 Å². The summed E-state index contributed by atoms with van der Waals surface area (Å²) in [6.45, 7) is 4.74. The normalized spacial score (nSPS) is 24.2. The summed E-state index contributed by atoms with van der Waals surface area (Å²) in [7, 11) is 1.77. The number of hydrogen-bond acceptors (Lipinski definition) is 4. The summed E-state index contributed by atoms with van der Waals surface area (Å²) >= 11 is 4.80. The number of nitrogens with zero attached hydrogens (tertiary/aromatic N) is 2. The van der Waals surface area contributed by atoms with Crippen LogP contribution >= 0.6 is 12.2 Å². The fraction of sp³-hybridized carbons (Fsp3) is 0.846. The molecule has 0 radical (unpaired) electrons. The number of carbonyl (C=O) groups excluding carboxylic acids is 1. The van der Waals surface area contributed by atoms with Crippen molar-refractivity contribution < 1.29 is 9.90 Å². The van der Waals surface area contributed by atoms with Crippen LogP contribution in [-0.2, 0) is 4.79 Å². The van der Waals surface area contributed by atoms with Gasteiger partial charge < -0.3 is 15.7 Å². The summed E-state index contributed by atoms with van der Waals surface area (Å²) < 4.78 is 0. The number of rotatable bonds is 6. The highest BCUT2D eigenvalue weighted by Crippen LogP contribution is 2.20. The Morgan fingerprint density at radius 3 is 2.79 bits per heavy atom. The summed E-state index contributed by atoms with van der Waals surface area (Å²) in [4.78, 5) is 16.2. The van der Waals surface area contributed by atoms with Crippen molar-refractivity contribution in [3.05, 3.63) is 0 Å². The lowest BCUT2D eigenvalue weighted by atomic mass is 9.95. The van der Waals surface area contributed by atoms with Gasteiger partial charge in [0.2, 0.25) is 5.91 Å². The number of hydrogen-bond donors (Lipinski definition) is 2. The third-order valence-corrected chi connectivity index (χ3v) is 3.72. The first-order valence-electron chi connectivity index (χ1n) is 6.77. The minimum absolute atomic E-state index is 0.0986. The van der Waals surface area contributed by atoms with Crippen LogP contribution < -0.4 is 5.73 Å². The van der Waals surface area contributed by atoms with Gasteiger partial charge in [0.05, 0.1) is 10.6 Å². The second-order valence-electron chi connectivity index (χ2n) is 5.66. The Labute approximate surface area is 120 Å². The highest BCUT2D eigenvalue weighted by atomic mass is 32.1. The average molecular weight is 287 g/mol. The molecule has 0 saturated carbocycles. The molecule has 110 valence electrons. The Bertz CT molecular complexity index is 334. The maximum Gasteiger partial charge on any atom is 0.223 e. The molecule has 1 heterocycles. The van der Waals surface area contributed by atoms with Crippen LogP contribution in [0.2, 0.25) is 0 Å². The Morgan fingerprint density at radius 1 is 1.53 bits per heavy atom. The number of thiocarbonyl (C=S) groups is 1. The van der Waals surface area contributed by atoms with Gasteiger partial charge in [-0.2, -0.15) is 0 Å². The minimum atomic E-state index is -0.612. The van der Waals surface area contributed by atoms with Crippen LogP contribution in [0.1, 0.15) is 32.6 Å². The van der Waals surface area contributed by atoms with E-state index in [4.69, 9.17) is 18.0 Å². The molecule has 1 atom stereocenters. The SMILES string of the molecule is CN(CCC(N)=S)C(=O)CCN1CCCC(C)(O)C1. The molecule has 3 N–H and O–H groups in total. The molecule has 1 aliphatic heterocycles. The summed E-state index contributed by atoms with van der Waals surface area (Å²) in [6.07, 6.45) is 2.86. The minimum Gasteiger partial charge on any atom is -0.393 e. The van der Waals surface area contributed by atoms with E-state index in [9.17, 15) is 9.90 Å². The van der Waals surface area contributed by atoms with Crippen molar-refractivity contribution in [2.75, 3.05) is 33.2 Å². The Kier molecular flexibility index (Phi) is 6.16. The Morgan fingerprint density at radius 2 is 2.21 bits per heavy atom. The zero-order valence-electron chi connectivity index (χ0n) is 11.9. The van der Waals surface area contributed by atoms with Gasteiger partial charge in [0.25, 0.3) is 0 Å². The molecule has 19 heavy (non-hydrogen) atoms. The first-order chi connectivity index (χ1) is 8.80. The van der Waals surface area contributed by atoms with Gasteiger partial charge in [0, 0.05) is 39.5 Å². The summed E-state index contributed by atoms with van der Waals surface area (Å²) in [5.41, 5.74) is 4.81. The molecule has 1 saturated heterocycles. The quantitative estimate of drug-likeness (QED) is 0.690. The molecule has 0 aromatic rings. The molecule has 1 amide bonds. The third-order valence-electron chi connectivity index (χ3n) is 3.52. The van der Waals surface area contributed by atoms with Crippen LogP contribution in [0, 0.1) is 0 Å². The van der Waals surface area contributed by atoms with Gasteiger partial charge in [-0.25, -0.2) is 0 Å². The highest BCUT2D eigenvalue weighted by Gasteiger charge is 2.28. The standard InChI is InChI=1S/C13H25N3O2S/c1-13(18)6-3-7-16(10-13)9-5-12(17)15(2)8-4-11(14)19/h18H,3-10H2,1-2H3,(H2,14,19). The van der Waals surface area contributed by atoms with E-state index in [2.05, 4.69) is 4.90 Å². The topological polar surface area (TPSA) is 69.8 Å². The molecule has 0 aliphatic carbocycles. The number of aliphatic hydroxyl groups is 1. The Balaban J connectivity index is 2.27. The Hall–Kier alpha value is -0.720. The smallest absolute Gasteiger partial charge is 0.223 e. The fourth-order valence-electron chi connectivity index (χ4n) is 2.36. The number of likely N-dealkylation sites (tertiary alicyclic amines) is 1. The molecule has 5 nitrogen and oxygen atoms in total. The molecule has 0 aromatic carbocycles. The molecule has 0 aromatic heterocycles. The van der Waals surface area contributed by atoms with E-state index in [0.717, 1.165) is 19.4 Å². The molecule has 1 fully saturated rings. The number of nitrogens with two attached hydrogens (primary N) is 1. The fourth-order valence-corrected chi connectivity index (χ4v) is 2.45. The lowest BCUT2D eigenvalue weighted by molar-refractivity contribution is -0.130. The molecule has 0 bridgehead atoms. The van der Waals surface area contributed by atoms with E-state index in [1.165, 1.54) is 0 Å². The maximum absolute atomic E-state index is 11.9. The number of amides is 1.